The molecule has 2 aromatic carbocycles. The number of ether oxygens (including phenoxy) is 1. The highest BCUT2D eigenvalue weighted by Crippen LogP contribution is 2.16. The molecule has 1 aliphatic heterocycles. The quantitative estimate of drug-likeness (QED) is 0.579. The molecule has 5 nitrogen and oxygen atoms in total. The number of halogens is 1. The number of hydrogen-bond donors (Lipinski definition) is 0. The zero-order valence-electron chi connectivity index (χ0n) is 17.0. The van der Waals surface area contributed by atoms with E-state index in [1.54, 1.807) is 29.0 Å². The number of likely N-dealkylation sites (tertiary alicyclic amines) is 1. The highest BCUT2D eigenvalue weighted by Gasteiger charge is 2.19. The first-order valence-electron chi connectivity index (χ1n) is 10.3. The third-order valence-electron chi connectivity index (χ3n) is 5.20. The Morgan fingerprint density at radius 2 is 1.68 bits per heavy atom. The fourth-order valence-electron chi connectivity index (χ4n) is 3.49. The van der Waals surface area contributed by atoms with E-state index in [1.165, 1.54) is 12.1 Å². The lowest BCUT2D eigenvalue weighted by Gasteiger charge is -2.16. The number of pyridine rings is 1. The van der Waals surface area contributed by atoms with Crippen molar-refractivity contribution in [3.63, 3.8) is 0 Å². The Kier molecular flexibility index (Phi) is 6.26. The predicted molar refractivity (Wildman–Crippen MR) is 119 cm³/mol. The van der Waals surface area contributed by atoms with Crippen LogP contribution in [0.3, 0.4) is 0 Å². The fraction of sp³-hybridized carbons (Fsp3) is 0.200. The number of nitrogens with zero attached hydrogens (tertiary/aromatic N) is 2. The summed E-state index contributed by atoms with van der Waals surface area (Å²) in [4.78, 5) is 26.0. The van der Waals surface area contributed by atoms with Gasteiger partial charge in [-0.3, -0.25) is 14.2 Å². The SMILES string of the molecule is O=C1CCCN1CCOc1ccc(-n2ccc(C=Cc3ccc(F)cc3)cc2=O)cc1. The van der Waals surface area contributed by atoms with Crippen LogP contribution in [0.1, 0.15) is 24.0 Å². The lowest BCUT2D eigenvalue weighted by Crippen LogP contribution is -2.29. The molecule has 1 fully saturated rings. The van der Waals surface area contributed by atoms with Crippen LogP contribution >= 0.6 is 0 Å². The molecule has 0 unspecified atom stereocenters. The van der Waals surface area contributed by atoms with Gasteiger partial charge in [0.05, 0.1) is 6.54 Å². The third-order valence-corrected chi connectivity index (χ3v) is 5.20. The molecule has 158 valence electrons. The molecule has 1 amide bonds. The minimum absolute atomic E-state index is 0.150. The van der Waals surface area contributed by atoms with Crippen LogP contribution in [-0.2, 0) is 4.79 Å². The van der Waals surface area contributed by atoms with Crippen LogP contribution in [0.2, 0.25) is 0 Å². The summed E-state index contributed by atoms with van der Waals surface area (Å²) in [6, 6.07) is 16.8. The number of aromatic nitrogens is 1. The summed E-state index contributed by atoms with van der Waals surface area (Å²) in [5.74, 6) is 0.606. The van der Waals surface area contributed by atoms with Crippen LogP contribution in [0, 0.1) is 5.82 Å². The second-order valence-corrected chi connectivity index (χ2v) is 7.38. The highest BCUT2D eigenvalue weighted by molar-refractivity contribution is 5.78. The summed E-state index contributed by atoms with van der Waals surface area (Å²) in [5, 5.41) is 0. The minimum Gasteiger partial charge on any atom is -0.492 e. The van der Waals surface area contributed by atoms with Gasteiger partial charge in [0.1, 0.15) is 18.2 Å². The van der Waals surface area contributed by atoms with Crippen LogP contribution in [0.5, 0.6) is 5.75 Å². The van der Waals surface area contributed by atoms with Gasteiger partial charge in [-0.15, -0.1) is 0 Å². The monoisotopic (exact) mass is 418 g/mol. The molecule has 0 spiro atoms. The first-order valence-corrected chi connectivity index (χ1v) is 10.3. The Morgan fingerprint density at radius 1 is 0.935 bits per heavy atom. The van der Waals surface area contributed by atoms with Crippen molar-refractivity contribution >= 4 is 18.1 Å². The van der Waals surface area contributed by atoms with E-state index in [1.807, 2.05) is 47.4 Å². The second-order valence-electron chi connectivity index (χ2n) is 7.38. The summed E-state index contributed by atoms with van der Waals surface area (Å²) in [6.45, 7) is 1.84. The van der Waals surface area contributed by atoms with Gasteiger partial charge in [0.15, 0.2) is 0 Å². The van der Waals surface area contributed by atoms with E-state index in [4.69, 9.17) is 4.74 Å². The summed E-state index contributed by atoms with van der Waals surface area (Å²) in [6.07, 6.45) is 6.93. The number of rotatable bonds is 7. The molecule has 1 saturated heterocycles. The molecule has 4 rings (SSSR count). The highest BCUT2D eigenvalue weighted by atomic mass is 19.1. The number of hydrogen-bond acceptors (Lipinski definition) is 3. The van der Waals surface area contributed by atoms with Gasteiger partial charge >= 0.3 is 0 Å². The number of amides is 1. The lowest BCUT2D eigenvalue weighted by molar-refractivity contribution is -0.128. The van der Waals surface area contributed by atoms with E-state index >= 15 is 0 Å². The van der Waals surface area contributed by atoms with E-state index in [9.17, 15) is 14.0 Å². The molecule has 3 aromatic rings. The Labute approximate surface area is 180 Å². The average molecular weight is 418 g/mol. The number of carbonyl (C=O) groups excluding carboxylic acids is 1. The van der Waals surface area contributed by atoms with Crippen molar-refractivity contribution in [3.05, 3.63) is 94.2 Å². The van der Waals surface area contributed by atoms with E-state index < -0.39 is 0 Å². The van der Waals surface area contributed by atoms with Crippen molar-refractivity contribution in [1.29, 1.82) is 0 Å². The maximum absolute atomic E-state index is 13.0. The summed E-state index contributed by atoms with van der Waals surface area (Å²) in [5.41, 5.74) is 2.21. The largest absolute Gasteiger partial charge is 0.492 e. The zero-order chi connectivity index (χ0) is 21.6. The van der Waals surface area contributed by atoms with Gasteiger partial charge in [0.25, 0.3) is 5.56 Å². The molecule has 0 atom stereocenters. The predicted octanol–water partition coefficient (Wildman–Crippen LogP) is 4.15. The van der Waals surface area contributed by atoms with Crippen molar-refractivity contribution in [2.45, 2.75) is 12.8 Å². The van der Waals surface area contributed by atoms with Crippen molar-refractivity contribution in [3.8, 4) is 11.4 Å². The standard InChI is InChI=1S/C25H23FN2O3/c26-21-7-5-19(6-8-21)3-4-20-13-15-28(25(30)18-20)22-9-11-23(12-10-22)31-17-16-27-14-1-2-24(27)29/h3-13,15,18H,1-2,14,16-17H2. The van der Waals surface area contributed by atoms with Crippen LogP contribution in [0.4, 0.5) is 4.39 Å². The Hall–Kier alpha value is -3.67. The first-order chi connectivity index (χ1) is 15.1. The molecule has 1 aromatic heterocycles. The van der Waals surface area contributed by atoms with Crippen LogP contribution in [-0.4, -0.2) is 35.1 Å². The van der Waals surface area contributed by atoms with Crippen LogP contribution in [0.15, 0.2) is 71.7 Å². The molecule has 1 aliphatic rings. The Bertz CT molecular complexity index is 1130. The maximum atomic E-state index is 13.0. The van der Waals surface area contributed by atoms with E-state index in [0.29, 0.717) is 25.3 Å². The minimum atomic E-state index is -0.280. The topological polar surface area (TPSA) is 51.5 Å². The number of carbonyl (C=O) groups is 1. The maximum Gasteiger partial charge on any atom is 0.255 e. The second kappa shape index (κ2) is 9.43. The van der Waals surface area contributed by atoms with Crippen molar-refractivity contribution in [1.82, 2.24) is 9.47 Å². The van der Waals surface area contributed by atoms with Gasteiger partial charge in [-0.25, -0.2) is 4.39 Å². The first kappa shape index (κ1) is 20.6. The van der Waals surface area contributed by atoms with Gasteiger partial charge in [0, 0.05) is 30.9 Å². The van der Waals surface area contributed by atoms with Crippen LogP contribution < -0.4 is 10.3 Å². The Balaban J connectivity index is 1.38. The molecule has 0 bridgehead atoms. The van der Waals surface area contributed by atoms with Gasteiger partial charge in [-0.2, -0.15) is 0 Å². The smallest absolute Gasteiger partial charge is 0.255 e. The molecular formula is C25H23FN2O3. The van der Waals surface area contributed by atoms with Crippen molar-refractivity contribution < 1.29 is 13.9 Å². The molecule has 0 aliphatic carbocycles. The van der Waals surface area contributed by atoms with E-state index in [2.05, 4.69) is 0 Å². The van der Waals surface area contributed by atoms with Crippen LogP contribution in [0.25, 0.3) is 17.8 Å². The summed E-state index contributed by atoms with van der Waals surface area (Å²) < 4.78 is 20.3. The van der Waals surface area contributed by atoms with Crippen molar-refractivity contribution in [2.24, 2.45) is 0 Å². The van der Waals surface area contributed by atoms with Gasteiger partial charge in [0.2, 0.25) is 5.91 Å². The molecule has 0 saturated carbocycles. The Morgan fingerprint density at radius 3 is 2.35 bits per heavy atom. The fourth-order valence-corrected chi connectivity index (χ4v) is 3.49. The molecule has 0 radical (unpaired) electrons. The average Bonchev–Trinajstić information content (AvgIpc) is 3.19. The zero-order valence-corrected chi connectivity index (χ0v) is 17.0. The third kappa shape index (κ3) is 5.28. The summed E-state index contributed by atoms with van der Waals surface area (Å²) in [7, 11) is 0. The van der Waals surface area contributed by atoms with Gasteiger partial charge in [-0.1, -0.05) is 24.3 Å². The summed E-state index contributed by atoms with van der Waals surface area (Å²) >= 11 is 0. The normalized spacial score (nSPS) is 13.8. The van der Waals surface area contributed by atoms with Gasteiger partial charge < -0.3 is 9.64 Å². The molecular weight excluding hydrogens is 395 g/mol. The van der Waals surface area contributed by atoms with Crippen molar-refractivity contribution in [2.75, 3.05) is 19.7 Å². The molecule has 2 heterocycles. The van der Waals surface area contributed by atoms with Gasteiger partial charge in [-0.05, 0) is 60.0 Å². The van der Waals surface area contributed by atoms with E-state index in [0.717, 1.165) is 29.8 Å². The van der Waals surface area contributed by atoms with E-state index in [-0.39, 0.29) is 17.3 Å². The molecule has 31 heavy (non-hydrogen) atoms. The lowest BCUT2D eigenvalue weighted by atomic mass is 10.1. The molecule has 0 N–H and O–H groups in total. The number of benzene rings is 2. The molecule has 6 heteroatoms.